The molecule has 1 aliphatic carbocycles. The molecule has 25 heteroatoms. The second kappa shape index (κ2) is 28.2. The molecule has 3 aromatic rings. The molecule has 24 nitrogen and oxygen atoms in total. The van der Waals surface area contributed by atoms with E-state index >= 15 is 0 Å². The van der Waals surface area contributed by atoms with Crippen molar-refractivity contribution < 1.29 is 67.2 Å². The predicted octanol–water partition coefficient (Wildman–Crippen LogP) is 6.29. The number of rotatable bonds is 20. The van der Waals surface area contributed by atoms with Crippen LogP contribution >= 0.6 is 11.6 Å². The van der Waals surface area contributed by atoms with E-state index in [4.69, 9.17) is 36.3 Å². The van der Waals surface area contributed by atoms with Gasteiger partial charge in [-0.2, -0.15) is 0 Å². The van der Waals surface area contributed by atoms with E-state index in [1.807, 2.05) is 26.8 Å². The van der Waals surface area contributed by atoms with E-state index < -0.39 is 83.4 Å². The zero-order chi connectivity index (χ0) is 61.9. The summed E-state index contributed by atoms with van der Waals surface area (Å²) in [7, 11) is 4.50. The number of aromatic nitrogens is 1. The van der Waals surface area contributed by atoms with Crippen LogP contribution < -0.4 is 47.3 Å². The Morgan fingerprint density at radius 3 is 2.39 bits per heavy atom. The van der Waals surface area contributed by atoms with Gasteiger partial charge in [0.15, 0.2) is 5.72 Å². The van der Waals surface area contributed by atoms with Crippen LogP contribution in [0, 0.1) is 23.2 Å². The van der Waals surface area contributed by atoms with Gasteiger partial charge in [0.05, 0.1) is 24.7 Å². The molecule has 10 amide bonds. The number of nitrogens with zero attached hydrogens (tertiary/aromatic N) is 3. The van der Waals surface area contributed by atoms with Gasteiger partial charge < -0.3 is 56.0 Å². The molecule has 9 N–H and O–H groups in total. The number of unbranched alkanes of at least 4 members (excludes halogenated alkanes) is 2. The maximum absolute atomic E-state index is 14.5. The number of pyridine rings is 1. The Labute approximate surface area is 498 Å². The molecule has 4 bridgehead atoms. The lowest BCUT2D eigenvalue weighted by Gasteiger charge is -2.42. The zero-order valence-electron chi connectivity index (χ0n) is 49.1. The van der Waals surface area contributed by atoms with E-state index in [2.05, 4.69) is 36.9 Å². The van der Waals surface area contributed by atoms with Crippen molar-refractivity contribution in [3.63, 3.8) is 0 Å². The smallest absolute Gasteiger partial charge is 0.411 e. The third kappa shape index (κ3) is 16.4. The number of amides is 10. The topological polar surface area (TPSA) is 328 Å². The van der Waals surface area contributed by atoms with Crippen LogP contribution in [-0.2, 0) is 49.4 Å². The number of hydrogen-bond acceptors (Lipinski definition) is 15. The first-order valence-electron chi connectivity index (χ1n) is 28.4. The number of primary amides is 1. The average Bonchev–Trinajstić information content (AvgIpc) is 1.93. The van der Waals surface area contributed by atoms with Crippen molar-refractivity contribution in [1.29, 1.82) is 0 Å². The second-order valence-electron chi connectivity index (χ2n) is 22.8. The van der Waals surface area contributed by atoms with Crippen molar-refractivity contribution in [3.8, 4) is 5.75 Å². The number of hydrogen-bond donors (Lipinski definition) is 8. The first-order chi connectivity index (χ1) is 40.3. The molecule has 7 rings (SSSR count). The quantitative estimate of drug-likeness (QED) is 0.0455. The van der Waals surface area contributed by atoms with E-state index in [-0.39, 0.29) is 85.6 Å². The zero-order valence-corrected chi connectivity index (χ0v) is 49.8. The van der Waals surface area contributed by atoms with Crippen molar-refractivity contribution in [1.82, 2.24) is 31.2 Å². The Hall–Kier alpha value is -8.09. The third-order valence-corrected chi connectivity index (χ3v) is 16.5. The number of nitrogens with one attached hydrogen (secondary N) is 6. The number of imide groups is 1. The Kier molecular flexibility index (Phi) is 21.4. The number of halogens is 1. The molecule has 2 aromatic carbocycles. The lowest BCUT2D eigenvalue weighted by atomic mass is 9.83. The van der Waals surface area contributed by atoms with Gasteiger partial charge in [-0.05, 0) is 111 Å². The Bertz CT molecular complexity index is 3140. The summed E-state index contributed by atoms with van der Waals surface area (Å²) in [5, 5.41) is 28.8. The summed E-state index contributed by atoms with van der Waals surface area (Å²) in [5.41, 5.74) is 5.39. The molecule has 4 heterocycles. The predicted molar refractivity (Wildman–Crippen MR) is 316 cm³/mol. The Morgan fingerprint density at radius 1 is 0.953 bits per heavy atom. The van der Waals surface area contributed by atoms with Gasteiger partial charge in [0.2, 0.25) is 23.6 Å². The van der Waals surface area contributed by atoms with Gasteiger partial charge in [-0.25, -0.2) is 19.4 Å². The fraction of sp³-hybridized carbons (Fsp3) is 0.500. The summed E-state index contributed by atoms with van der Waals surface area (Å²) >= 11 is 6.87. The number of fused-ring (bicyclic) bond motifs is 6. The highest BCUT2D eigenvalue weighted by Crippen LogP contribution is 2.61. The van der Waals surface area contributed by atoms with E-state index in [1.165, 1.54) is 37.3 Å². The molecule has 1 saturated carbocycles. The van der Waals surface area contributed by atoms with Crippen molar-refractivity contribution in [2.24, 2.45) is 28.9 Å². The minimum atomic E-state index is -1.84. The first-order valence-corrected chi connectivity index (χ1v) is 28.8. The molecule has 1 aromatic heterocycles. The first kappa shape index (κ1) is 64.5. The molecule has 4 aliphatic rings. The minimum Gasteiger partial charge on any atom is -0.495 e. The highest BCUT2D eigenvalue weighted by atomic mass is 35.5. The summed E-state index contributed by atoms with van der Waals surface area (Å²) in [5.74, 6) is -3.34. The van der Waals surface area contributed by atoms with Gasteiger partial charge >= 0.3 is 18.2 Å². The van der Waals surface area contributed by atoms with Crippen molar-refractivity contribution >= 4 is 93.4 Å². The van der Waals surface area contributed by atoms with Gasteiger partial charge in [-0.3, -0.25) is 44.3 Å². The summed E-state index contributed by atoms with van der Waals surface area (Å²) in [6.07, 6.45) is 5.72. The van der Waals surface area contributed by atoms with Crippen LogP contribution in [0.3, 0.4) is 0 Å². The lowest BCUT2D eigenvalue weighted by molar-refractivity contribution is -0.143. The molecule has 0 unspecified atom stereocenters. The molecule has 2 fully saturated rings. The van der Waals surface area contributed by atoms with E-state index in [9.17, 15) is 48.3 Å². The van der Waals surface area contributed by atoms with Gasteiger partial charge in [-0.15, -0.1) is 0 Å². The van der Waals surface area contributed by atoms with Crippen LogP contribution in [0.1, 0.15) is 98.0 Å². The number of anilines is 3. The van der Waals surface area contributed by atoms with Crippen molar-refractivity contribution in [3.05, 3.63) is 89.0 Å². The van der Waals surface area contributed by atoms with Crippen LogP contribution in [-0.4, -0.2) is 139 Å². The fourth-order valence-electron chi connectivity index (χ4n) is 11.1. The molecule has 3 aliphatic heterocycles. The molecule has 9 atom stereocenters. The monoisotopic (exact) mass is 1200 g/mol. The van der Waals surface area contributed by atoms with E-state index in [0.29, 0.717) is 60.1 Å². The normalized spacial score (nSPS) is 24.9. The molecule has 458 valence electrons. The highest BCUT2D eigenvalue weighted by molar-refractivity contribution is 6.35. The van der Waals surface area contributed by atoms with Gasteiger partial charge in [0.25, 0.3) is 11.8 Å². The molecule has 85 heavy (non-hydrogen) atoms. The molecular weight excluding hydrogens is 1120 g/mol. The van der Waals surface area contributed by atoms with Crippen LogP contribution in [0.5, 0.6) is 5.75 Å². The number of allylic oxidation sites excluding steroid dienone is 3. The number of aliphatic hydroxyl groups is 1. The average molecular weight is 1200 g/mol. The summed E-state index contributed by atoms with van der Waals surface area (Å²) in [4.78, 5) is 125. The van der Waals surface area contributed by atoms with Crippen molar-refractivity contribution in [2.45, 2.75) is 135 Å². The number of benzene rings is 2. The number of carbonyl (C=O) groups is 9. The molecule has 0 radical (unpaired) electrons. The van der Waals surface area contributed by atoms with E-state index in [0.717, 1.165) is 16.0 Å². The number of alkyl carbamates (subject to hydrolysis) is 1. The number of urea groups is 1. The van der Waals surface area contributed by atoms with Crippen LogP contribution in [0.15, 0.2) is 78.4 Å². The van der Waals surface area contributed by atoms with Crippen LogP contribution in [0.4, 0.5) is 31.6 Å². The molecule has 0 spiro atoms. The van der Waals surface area contributed by atoms with Crippen LogP contribution in [0.2, 0.25) is 5.02 Å². The molecular formula is C60H77ClN10O14. The summed E-state index contributed by atoms with van der Waals surface area (Å²) < 4.78 is 23.4. The minimum absolute atomic E-state index is 0.0297. The second-order valence-corrected chi connectivity index (χ2v) is 23.1. The molecule has 1 saturated heterocycles. The number of ether oxygens (including phenoxy) is 4. The van der Waals surface area contributed by atoms with Gasteiger partial charge in [0.1, 0.15) is 47.0 Å². The number of carbonyl (C=O) groups excluding carboxylic acids is 9. The summed E-state index contributed by atoms with van der Waals surface area (Å²) in [6, 6.07) is 8.70. The highest BCUT2D eigenvalue weighted by Gasteiger charge is 2.62. The summed E-state index contributed by atoms with van der Waals surface area (Å²) in [6.45, 7) is 9.54. The number of nitrogens with two attached hydrogens (primary N) is 1. The lowest BCUT2D eigenvalue weighted by Crippen LogP contribution is -2.63. The van der Waals surface area contributed by atoms with Gasteiger partial charge in [0, 0.05) is 68.7 Å². The number of methoxy groups -OCH3 is 2. The van der Waals surface area contributed by atoms with Gasteiger partial charge in [-0.1, -0.05) is 69.5 Å². The Morgan fingerprint density at radius 2 is 1.69 bits per heavy atom. The standard InChI is InChI=1S/C60H77ClN10O14/c1-33(2)53(68-48(72)17-10-9-11-25-71-49(73)22-23-50(71)74)55(77)66-41(15-13-24-63-56(62)78)54(76)67-47-21-18-37-29-38(19-20-40(37)65-47)64-57(79)85-46-30-51(75)70(6)42-27-36(28-43(82-7)52(42)61)26-34(3)14-12-16-45(83-8)60(81)32-44(84-58(80)69-60)35(4)39-31-59(39,46)5/h12,14,16,18-23,27-29,33,35,39,41,44-46,53,81H,9-11,13,15,17,24-26,30-32H2,1-8H3,(H,64,79)(H,66,77)(H,68,72)(H,69,80)(H3,62,63,78)(H,65,67,76)/b16-12+,34-14+/t35-,39-,41-,44-,45+,46-,53-,59+,60-/m0/s1. The van der Waals surface area contributed by atoms with E-state index in [1.54, 1.807) is 69.4 Å². The SMILES string of the molecule is COc1cc2cc(c1Cl)N(C)C(=O)C[C@H](OC(=O)Nc1ccc3nc(NC(=O)[C@H](CCCNC(N)=O)NC(=O)[C@@H](NC(=O)CCCCCN4C(=O)C=CC4=O)C(C)C)ccc3c1)[C@]1(C)C[C@H]1[C@H](C)[C@@H]1C[C@@](O)(NC(=O)O1)[C@H](OC)/C=C/C=C(\C)C2. The fourth-order valence-corrected chi connectivity index (χ4v) is 11.4. The maximum Gasteiger partial charge on any atom is 0.411 e. The maximum atomic E-state index is 14.5. The Balaban J connectivity index is 1.04. The largest absolute Gasteiger partial charge is 0.495 e. The third-order valence-electron chi connectivity index (χ3n) is 16.2. The van der Waals surface area contributed by atoms with Crippen LogP contribution in [0.25, 0.3) is 10.9 Å². The van der Waals surface area contributed by atoms with Crippen molar-refractivity contribution in [2.75, 3.05) is 49.9 Å².